The van der Waals surface area contributed by atoms with Crippen LogP contribution in [0.1, 0.15) is 37.3 Å². The minimum Gasteiger partial charge on any atom is -0.350 e. The van der Waals surface area contributed by atoms with E-state index in [1.54, 1.807) is 0 Å². The summed E-state index contributed by atoms with van der Waals surface area (Å²) in [6.07, 6.45) is 3.65. The molecule has 0 aromatic heterocycles. The van der Waals surface area contributed by atoms with Crippen LogP contribution in [0, 0.1) is 11.6 Å². The summed E-state index contributed by atoms with van der Waals surface area (Å²) in [6, 6.07) is 13.3. The van der Waals surface area contributed by atoms with Crippen molar-refractivity contribution < 1.29 is 8.78 Å². The number of anilines is 1. The average Bonchev–Trinajstić information content (AvgIpc) is 2.62. The van der Waals surface area contributed by atoms with E-state index in [0.29, 0.717) is 11.4 Å². The third kappa shape index (κ3) is 4.61. The summed E-state index contributed by atoms with van der Waals surface area (Å²) in [5.74, 6) is -1.00. The number of rotatable bonds is 5. The van der Waals surface area contributed by atoms with E-state index in [4.69, 9.17) is 12.2 Å². The molecule has 25 heavy (non-hydrogen) atoms. The average molecular weight is 360 g/mol. The third-order valence-corrected chi connectivity index (χ3v) is 4.87. The molecule has 0 saturated carbocycles. The Kier molecular flexibility index (Phi) is 6.10. The highest BCUT2D eigenvalue weighted by Gasteiger charge is 2.28. The minimum atomic E-state index is -0.502. The molecule has 132 valence electrons. The Morgan fingerprint density at radius 2 is 1.60 bits per heavy atom. The molecule has 1 atom stereocenters. The zero-order chi connectivity index (χ0) is 17.6. The van der Waals surface area contributed by atoms with Gasteiger partial charge in [-0.25, -0.2) is 8.78 Å². The third-order valence-electron chi connectivity index (χ3n) is 4.60. The van der Waals surface area contributed by atoms with Gasteiger partial charge in [0.2, 0.25) is 0 Å². The number of thiocarbonyl (C=S) groups is 1. The fraction of sp³-hybridized carbons (Fsp3) is 0.350. The first-order chi connectivity index (χ1) is 12.1. The molecule has 0 bridgehead atoms. The Labute approximate surface area is 152 Å². The van der Waals surface area contributed by atoms with Gasteiger partial charge in [0.15, 0.2) is 0 Å². The molecular formula is C20H22F2N2S. The van der Waals surface area contributed by atoms with Gasteiger partial charge in [0.25, 0.3) is 0 Å². The highest BCUT2D eigenvalue weighted by molar-refractivity contribution is 7.80. The van der Waals surface area contributed by atoms with Gasteiger partial charge in [0.05, 0.1) is 4.99 Å². The lowest BCUT2D eigenvalue weighted by atomic mass is 9.97. The van der Waals surface area contributed by atoms with Crippen LogP contribution in [0.3, 0.4) is 0 Å². The first-order valence-corrected chi connectivity index (χ1v) is 9.09. The van der Waals surface area contributed by atoms with Crippen molar-refractivity contribution in [3.8, 4) is 0 Å². The van der Waals surface area contributed by atoms with E-state index >= 15 is 0 Å². The number of halogens is 2. The van der Waals surface area contributed by atoms with Crippen molar-refractivity contribution in [2.24, 2.45) is 0 Å². The standard InChI is InChI=1S/C20H22F2N2S/c21-16-10-7-11-17(22)20(16)18(24-12-5-2-6-13-24)14-19(25)23-15-8-3-1-4-9-15/h1,3-4,7-11,18H,2,5-6,12-14H2,(H,23,25)/t18-/m0/s1. The Hall–Kier alpha value is -1.85. The first kappa shape index (κ1) is 18.0. The number of para-hydroxylation sites is 1. The minimum absolute atomic E-state index is 0.126. The van der Waals surface area contributed by atoms with E-state index in [1.807, 2.05) is 30.3 Å². The maximum Gasteiger partial charge on any atom is 0.130 e. The molecule has 1 saturated heterocycles. The van der Waals surface area contributed by atoms with Crippen LogP contribution in [0.15, 0.2) is 48.5 Å². The van der Waals surface area contributed by atoms with Gasteiger partial charge in [-0.1, -0.05) is 42.9 Å². The molecular weight excluding hydrogens is 338 g/mol. The SMILES string of the molecule is Fc1cccc(F)c1[C@H](CC(=S)Nc1ccccc1)N1CCCCC1. The van der Waals surface area contributed by atoms with Crippen molar-refractivity contribution in [1.82, 2.24) is 4.90 Å². The lowest BCUT2D eigenvalue weighted by Crippen LogP contribution is -2.36. The molecule has 1 heterocycles. The number of likely N-dealkylation sites (tertiary alicyclic amines) is 1. The van der Waals surface area contributed by atoms with Crippen LogP contribution in [0.5, 0.6) is 0 Å². The molecule has 1 fully saturated rings. The molecule has 1 aliphatic rings. The maximum absolute atomic E-state index is 14.4. The van der Waals surface area contributed by atoms with Gasteiger partial charge in [-0.15, -0.1) is 0 Å². The molecule has 0 spiro atoms. The molecule has 1 N–H and O–H groups in total. The Morgan fingerprint density at radius 1 is 0.960 bits per heavy atom. The van der Waals surface area contributed by atoms with E-state index in [2.05, 4.69) is 10.2 Å². The first-order valence-electron chi connectivity index (χ1n) is 8.68. The molecule has 1 aliphatic heterocycles. The molecule has 3 rings (SSSR count). The van der Waals surface area contributed by atoms with Crippen LogP contribution in [-0.4, -0.2) is 23.0 Å². The van der Waals surface area contributed by atoms with E-state index in [-0.39, 0.29) is 11.6 Å². The lowest BCUT2D eigenvalue weighted by molar-refractivity contribution is 0.161. The van der Waals surface area contributed by atoms with Gasteiger partial charge in [-0.3, -0.25) is 4.90 Å². The summed E-state index contributed by atoms with van der Waals surface area (Å²) in [4.78, 5) is 2.74. The highest BCUT2D eigenvalue weighted by atomic mass is 32.1. The van der Waals surface area contributed by atoms with Crippen LogP contribution in [0.4, 0.5) is 14.5 Å². The predicted molar refractivity (Wildman–Crippen MR) is 102 cm³/mol. The number of nitrogens with one attached hydrogen (secondary N) is 1. The van der Waals surface area contributed by atoms with Crippen molar-refractivity contribution in [2.75, 3.05) is 18.4 Å². The number of hydrogen-bond donors (Lipinski definition) is 1. The topological polar surface area (TPSA) is 15.3 Å². The summed E-state index contributed by atoms with van der Waals surface area (Å²) in [7, 11) is 0. The lowest BCUT2D eigenvalue weighted by Gasteiger charge is -2.35. The molecule has 0 radical (unpaired) electrons. The second kappa shape index (κ2) is 8.50. The molecule has 2 nitrogen and oxygen atoms in total. The Morgan fingerprint density at radius 3 is 2.24 bits per heavy atom. The summed E-state index contributed by atoms with van der Waals surface area (Å²) < 4.78 is 28.8. The zero-order valence-corrected chi connectivity index (χ0v) is 14.9. The maximum atomic E-state index is 14.4. The van der Waals surface area contributed by atoms with Gasteiger partial charge in [-0.2, -0.15) is 0 Å². The summed E-state index contributed by atoms with van der Waals surface area (Å²) in [5.41, 5.74) is 1.01. The molecule has 0 aliphatic carbocycles. The van der Waals surface area contributed by atoms with Crippen molar-refractivity contribution in [3.63, 3.8) is 0 Å². The van der Waals surface area contributed by atoms with Crippen molar-refractivity contribution in [3.05, 3.63) is 65.7 Å². The van der Waals surface area contributed by atoms with Crippen molar-refractivity contribution in [2.45, 2.75) is 31.7 Å². The zero-order valence-electron chi connectivity index (χ0n) is 14.1. The number of hydrogen-bond acceptors (Lipinski definition) is 2. The fourth-order valence-corrected chi connectivity index (χ4v) is 3.66. The van der Waals surface area contributed by atoms with E-state index in [1.165, 1.54) is 18.2 Å². The highest BCUT2D eigenvalue weighted by Crippen LogP contribution is 2.32. The van der Waals surface area contributed by atoms with Crippen LogP contribution in [0.2, 0.25) is 0 Å². The van der Waals surface area contributed by atoms with E-state index < -0.39 is 11.6 Å². The van der Waals surface area contributed by atoms with Crippen LogP contribution < -0.4 is 5.32 Å². The van der Waals surface area contributed by atoms with E-state index in [9.17, 15) is 8.78 Å². The largest absolute Gasteiger partial charge is 0.350 e. The quantitative estimate of drug-likeness (QED) is 0.726. The molecule has 5 heteroatoms. The summed E-state index contributed by atoms with van der Waals surface area (Å²) >= 11 is 5.49. The summed E-state index contributed by atoms with van der Waals surface area (Å²) in [5, 5.41) is 3.18. The molecule has 2 aromatic carbocycles. The fourth-order valence-electron chi connectivity index (χ4n) is 3.38. The molecule has 2 aromatic rings. The van der Waals surface area contributed by atoms with E-state index in [0.717, 1.165) is 38.0 Å². The Bertz CT molecular complexity index is 695. The van der Waals surface area contributed by atoms with Gasteiger partial charge in [0, 0.05) is 23.7 Å². The smallest absolute Gasteiger partial charge is 0.130 e. The number of benzene rings is 2. The van der Waals surface area contributed by atoms with Crippen LogP contribution in [0.25, 0.3) is 0 Å². The van der Waals surface area contributed by atoms with Crippen LogP contribution in [-0.2, 0) is 0 Å². The van der Waals surface area contributed by atoms with Crippen LogP contribution >= 0.6 is 12.2 Å². The van der Waals surface area contributed by atoms with Crippen molar-refractivity contribution >= 4 is 22.9 Å². The molecule has 0 unspecified atom stereocenters. The summed E-state index contributed by atoms with van der Waals surface area (Å²) in [6.45, 7) is 1.68. The second-order valence-electron chi connectivity index (χ2n) is 6.37. The normalized spacial score (nSPS) is 16.4. The van der Waals surface area contributed by atoms with Gasteiger partial charge < -0.3 is 5.32 Å². The molecule has 0 amide bonds. The van der Waals surface area contributed by atoms with Gasteiger partial charge >= 0.3 is 0 Å². The Balaban J connectivity index is 1.82. The van der Waals surface area contributed by atoms with Gasteiger partial charge in [-0.05, 0) is 50.2 Å². The monoisotopic (exact) mass is 360 g/mol. The second-order valence-corrected chi connectivity index (χ2v) is 6.86. The number of nitrogens with zero attached hydrogens (tertiary/aromatic N) is 1. The predicted octanol–water partition coefficient (Wildman–Crippen LogP) is 5.32. The number of piperidine rings is 1. The van der Waals surface area contributed by atoms with Crippen molar-refractivity contribution in [1.29, 1.82) is 0 Å². The van der Waals surface area contributed by atoms with Gasteiger partial charge in [0.1, 0.15) is 11.6 Å².